The first-order chi connectivity index (χ1) is 17.2. The summed E-state index contributed by atoms with van der Waals surface area (Å²) in [6.07, 6.45) is 8.32. The molecule has 10 heteroatoms. The Kier molecular flexibility index (Phi) is 6.15. The van der Waals surface area contributed by atoms with Crippen molar-refractivity contribution in [3.05, 3.63) is 76.5 Å². The van der Waals surface area contributed by atoms with E-state index in [0.717, 1.165) is 55.5 Å². The minimum Gasteiger partial charge on any atom is -0.454 e. The Morgan fingerprint density at radius 3 is 2.94 bits per heavy atom. The number of fused-ring (bicyclic) bond motifs is 1. The molecule has 0 aliphatic carbocycles. The number of aryl methyl sites for hydroxylation is 1. The fourth-order valence-electron chi connectivity index (χ4n) is 4.90. The van der Waals surface area contributed by atoms with Crippen LogP contribution in [0.15, 0.2) is 54.6 Å². The third-order valence-corrected chi connectivity index (χ3v) is 7.42. The maximum Gasteiger partial charge on any atom is 0.235 e. The van der Waals surface area contributed by atoms with E-state index in [4.69, 9.17) is 14.5 Å². The third kappa shape index (κ3) is 4.64. The molecular weight excluding hydrogens is 462 g/mol. The monoisotopic (exact) mass is 489 g/mol. The number of likely N-dealkylation sites (tertiary alicyclic amines) is 1. The van der Waals surface area contributed by atoms with Crippen molar-refractivity contribution in [2.24, 2.45) is 0 Å². The van der Waals surface area contributed by atoms with Gasteiger partial charge in [-0.2, -0.15) is 0 Å². The van der Waals surface area contributed by atoms with Crippen molar-refractivity contribution < 1.29 is 9.47 Å². The Labute approximate surface area is 207 Å². The molecule has 5 heterocycles. The molecule has 2 aliphatic rings. The smallest absolute Gasteiger partial charge is 0.235 e. The predicted octanol–water partition coefficient (Wildman–Crippen LogP) is 3.48. The lowest BCUT2D eigenvalue weighted by molar-refractivity contribution is 0.174. The van der Waals surface area contributed by atoms with Crippen molar-refractivity contribution in [2.75, 3.05) is 26.4 Å². The van der Waals surface area contributed by atoms with Gasteiger partial charge in [0.25, 0.3) is 0 Å². The van der Waals surface area contributed by atoms with E-state index >= 15 is 0 Å². The van der Waals surface area contributed by atoms with Gasteiger partial charge < -0.3 is 14.8 Å². The van der Waals surface area contributed by atoms with Gasteiger partial charge in [-0.3, -0.25) is 9.47 Å². The molecule has 4 aromatic rings. The van der Waals surface area contributed by atoms with E-state index < -0.39 is 0 Å². The number of nitrogens with one attached hydrogen (secondary N) is 1. The van der Waals surface area contributed by atoms with E-state index in [2.05, 4.69) is 42.7 Å². The fourth-order valence-corrected chi connectivity index (χ4v) is 5.71. The van der Waals surface area contributed by atoms with E-state index in [1.807, 2.05) is 36.0 Å². The van der Waals surface area contributed by atoms with Crippen LogP contribution < -0.4 is 14.8 Å². The molecule has 3 aromatic heterocycles. The van der Waals surface area contributed by atoms with Gasteiger partial charge in [-0.25, -0.2) is 19.9 Å². The number of imidazole rings is 1. The van der Waals surface area contributed by atoms with E-state index in [9.17, 15) is 0 Å². The fraction of sp³-hybridized carbons (Fsp3) is 0.360. The van der Waals surface area contributed by atoms with E-state index in [0.29, 0.717) is 18.7 Å². The Morgan fingerprint density at radius 2 is 2.09 bits per heavy atom. The van der Waals surface area contributed by atoms with Gasteiger partial charge in [0.15, 0.2) is 11.5 Å². The molecule has 1 saturated heterocycles. The van der Waals surface area contributed by atoms with Crippen molar-refractivity contribution in [2.45, 2.75) is 31.8 Å². The van der Waals surface area contributed by atoms with Crippen LogP contribution in [0.4, 0.5) is 0 Å². The van der Waals surface area contributed by atoms with Crippen LogP contribution in [0.25, 0.3) is 5.95 Å². The van der Waals surface area contributed by atoms with Crippen LogP contribution >= 0.6 is 11.3 Å². The second-order valence-electron chi connectivity index (χ2n) is 8.81. The highest BCUT2D eigenvalue weighted by Gasteiger charge is 2.38. The molecule has 0 saturated carbocycles. The van der Waals surface area contributed by atoms with Crippen molar-refractivity contribution in [1.29, 1.82) is 0 Å². The Morgan fingerprint density at radius 1 is 1.14 bits per heavy atom. The minimum atomic E-state index is 0.150. The zero-order chi connectivity index (χ0) is 23.6. The summed E-state index contributed by atoms with van der Waals surface area (Å²) in [6, 6.07) is 8.37. The first-order valence-corrected chi connectivity index (χ1v) is 12.7. The van der Waals surface area contributed by atoms with Crippen LogP contribution in [-0.4, -0.2) is 55.8 Å². The van der Waals surface area contributed by atoms with E-state index in [-0.39, 0.29) is 6.04 Å². The summed E-state index contributed by atoms with van der Waals surface area (Å²) in [7, 11) is 0. The number of hydrogen-bond donors (Lipinski definition) is 1. The predicted molar refractivity (Wildman–Crippen MR) is 132 cm³/mol. The number of ether oxygens (including phenoxy) is 2. The number of benzene rings is 1. The van der Waals surface area contributed by atoms with Crippen LogP contribution in [0.3, 0.4) is 0 Å². The maximum atomic E-state index is 5.50. The minimum absolute atomic E-state index is 0.150. The maximum absolute atomic E-state index is 5.50. The van der Waals surface area contributed by atoms with Crippen molar-refractivity contribution in [1.82, 2.24) is 34.7 Å². The molecular formula is C25H27N7O2S. The van der Waals surface area contributed by atoms with Gasteiger partial charge in [0.05, 0.1) is 16.7 Å². The molecule has 2 unspecified atom stereocenters. The lowest BCUT2D eigenvalue weighted by Crippen LogP contribution is -2.33. The van der Waals surface area contributed by atoms with Gasteiger partial charge >= 0.3 is 0 Å². The zero-order valence-electron chi connectivity index (χ0n) is 19.5. The highest BCUT2D eigenvalue weighted by atomic mass is 32.1. The summed E-state index contributed by atoms with van der Waals surface area (Å²) < 4.78 is 12.8. The normalized spacial score (nSPS) is 19.5. The Bertz CT molecular complexity index is 1280. The number of hydrogen-bond acceptors (Lipinski definition) is 9. The average Bonchev–Trinajstić information content (AvgIpc) is 3.68. The number of aromatic nitrogens is 5. The SMILES string of the molecule is Cc1cc(C2C(c3nccs3)CCN2CCNCc2ccc3c(c2)OCO3)nc(-n2ccnc2)n1. The van der Waals surface area contributed by atoms with Gasteiger partial charge in [-0.15, -0.1) is 11.3 Å². The topological polar surface area (TPSA) is 90.2 Å². The number of rotatable bonds is 8. The molecule has 2 aliphatic heterocycles. The molecule has 0 radical (unpaired) electrons. The van der Waals surface area contributed by atoms with Gasteiger partial charge in [-0.1, -0.05) is 6.07 Å². The van der Waals surface area contributed by atoms with Crippen LogP contribution in [0.1, 0.15) is 40.3 Å². The Hall–Kier alpha value is -3.34. The molecule has 1 fully saturated rings. The van der Waals surface area contributed by atoms with Crippen LogP contribution in [0, 0.1) is 6.92 Å². The lowest BCUT2D eigenvalue weighted by Gasteiger charge is -2.27. The standard InChI is InChI=1S/C25H27N7O2S/c1-17-12-20(30-25(29-17)32-10-6-27-15-32)23-19(24-28-7-11-35-24)4-8-31(23)9-5-26-14-18-2-3-21-22(13-18)34-16-33-21/h2-3,6-7,10-13,15,19,23,26H,4-5,8-9,14,16H2,1H3. The number of thiazole rings is 1. The summed E-state index contributed by atoms with van der Waals surface area (Å²) >= 11 is 1.73. The Balaban J connectivity index is 1.19. The molecule has 1 N–H and O–H groups in total. The zero-order valence-corrected chi connectivity index (χ0v) is 20.3. The average molecular weight is 490 g/mol. The van der Waals surface area contributed by atoms with Gasteiger partial charge in [-0.05, 0) is 43.7 Å². The number of nitrogens with zero attached hydrogens (tertiary/aromatic N) is 6. The van der Waals surface area contributed by atoms with Crippen molar-refractivity contribution >= 4 is 11.3 Å². The lowest BCUT2D eigenvalue weighted by atomic mass is 9.97. The van der Waals surface area contributed by atoms with Gasteiger partial charge in [0.1, 0.15) is 6.33 Å². The second kappa shape index (κ2) is 9.73. The van der Waals surface area contributed by atoms with Crippen LogP contribution in [0.2, 0.25) is 0 Å². The van der Waals surface area contributed by atoms with Gasteiger partial charge in [0, 0.05) is 55.2 Å². The molecule has 2 atom stereocenters. The molecule has 180 valence electrons. The molecule has 1 aromatic carbocycles. The van der Waals surface area contributed by atoms with Crippen molar-refractivity contribution in [3.8, 4) is 17.4 Å². The summed E-state index contributed by atoms with van der Waals surface area (Å²) in [6.45, 7) is 5.89. The highest BCUT2D eigenvalue weighted by molar-refractivity contribution is 7.09. The van der Waals surface area contributed by atoms with E-state index in [1.54, 1.807) is 23.9 Å². The van der Waals surface area contributed by atoms with Crippen molar-refractivity contribution in [3.63, 3.8) is 0 Å². The molecule has 0 bridgehead atoms. The largest absolute Gasteiger partial charge is 0.454 e. The highest BCUT2D eigenvalue weighted by Crippen LogP contribution is 2.43. The molecule has 0 amide bonds. The third-order valence-electron chi connectivity index (χ3n) is 6.51. The second-order valence-corrected chi connectivity index (χ2v) is 9.74. The molecule has 35 heavy (non-hydrogen) atoms. The van der Waals surface area contributed by atoms with E-state index in [1.165, 1.54) is 10.6 Å². The summed E-state index contributed by atoms with van der Waals surface area (Å²) in [5.41, 5.74) is 3.17. The first-order valence-electron chi connectivity index (χ1n) is 11.8. The quantitative estimate of drug-likeness (QED) is 0.376. The molecule has 9 nitrogen and oxygen atoms in total. The van der Waals surface area contributed by atoms with Crippen LogP contribution in [0.5, 0.6) is 11.5 Å². The first kappa shape index (κ1) is 22.1. The molecule has 0 spiro atoms. The summed E-state index contributed by atoms with van der Waals surface area (Å²) in [5, 5.41) is 6.82. The van der Waals surface area contributed by atoms with Crippen LogP contribution in [-0.2, 0) is 6.54 Å². The summed E-state index contributed by atoms with van der Waals surface area (Å²) in [5.74, 6) is 2.61. The van der Waals surface area contributed by atoms with Gasteiger partial charge in [0.2, 0.25) is 12.7 Å². The molecule has 6 rings (SSSR count). The summed E-state index contributed by atoms with van der Waals surface area (Å²) in [4.78, 5) is 21.0.